The molecular formula is C19H24N4O3. The van der Waals surface area contributed by atoms with Crippen molar-refractivity contribution in [2.24, 2.45) is 0 Å². The van der Waals surface area contributed by atoms with Gasteiger partial charge >= 0.3 is 0 Å². The molecule has 138 valence electrons. The number of methoxy groups -OCH3 is 2. The molecule has 1 aromatic heterocycles. The average Bonchev–Trinajstić information content (AvgIpc) is 2.72. The van der Waals surface area contributed by atoms with Gasteiger partial charge < -0.3 is 19.7 Å². The van der Waals surface area contributed by atoms with E-state index in [0.717, 1.165) is 31.5 Å². The lowest BCUT2D eigenvalue weighted by molar-refractivity contribution is 0.0945. The van der Waals surface area contributed by atoms with Gasteiger partial charge in [-0.3, -0.25) is 4.79 Å². The number of hydrogen-bond donors (Lipinski definition) is 1. The van der Waals surface area contributed by atoms with Gasteiger partial charge in [-0.25, -0.2) is 9.97 Å². The Morgan fingerprint density at radius 3 is 2.62 bits per heavy atom. The molecule has 1 fully saturated rings. The van der Waals surface area contributed by atoms with Crippen LogP contribution in [-0.4, -0.2) is 43.2 Å². The summed E-state index contributed by atoms with van der Waals surface area (Å²) in [5.41, 5.74) is 1.29. The zero-order chi connectivity index (χ0) is 18.4. The van der Waals surface area contributed by atoms with Crippen molar-refractivity contribution in [2.45, 2.75) is 25.8 Å². The highest BCUT2D eigenvalue weighted by Crippen LogP contribution is 2.27. The second-order valence-corrected chi connectivity index (χ2v) is 6.16. The Hall–Kier alpha value is -2.83. The van der Waals surface area contributed by atoms with Gasteiger partial charge in [0, 0.05) is 25.8 Å². The van der Waals surface area contributed by atoms with Crippen LogP contribution < -0.4 is 19.7 Å². The Kier molecular flexibility index (Phi) is 5.88. The fourth-order valence-corrected chi connectivity index (χ4v) is 2.98. The summed E-state index contributed by atoms with van der Waals surface area (Å²) in [4.78, 5) is 23.3. The number of carbonyl (C=O) groups is 1. The number of rotatable bonds is 6. The molecular weight excluding hydrogens is 332 g/mol. The van der Waals surface area contributed by atoms with Crippen molar-refractivity contribution in [3.8, 4) is 11.5 Å². The van der Waals surface area contributed by atoms with Gasteiger partial charge in [0.2, 0.25) is 5.95 Å². The number of amides is 1. The topological polar surface area (TPSA) is 76.6 Å². The first-order valence-corrected chi connectivity index (χ1v) is 8.78. The van der Waals surface area contributed by atoms with Crippen molar-refractivity contribution in [2.75, 3.05) is 32.2 Å². The van der Waals surface area contributed by atoms with E-state index in [1.54, 1.807) is 26.5 Å². The number of carbonyl (C=O) groups excluding carboxylic acids is 1. The van der Waals surface area contributed by atoms with Crippen LogP contribution in [0.1, 0.15) is 35.3 Å². The van der Waals surface area contributed by atoms with Gasteiger partial charge in [-0.15, -0.1) is 0 Å². The molecule has 2 aromatic rings. The summed E-state index contributed by atoms with van der Waals surface area (Å²) in [6.45, 7) is 2.26. The van der Waals surface area contributed by atoms with Crippen molar-refractivity contribution in [1.82, 2.24) is 15.3 Å². The SMILES string of the molecule is COc1ccc(CNC(=O)c2ccnc(N3CCCCC3)n2)cc1OC. The summed E-state index contributed by atoms with van der Waals surface area (Å²) in [5.74, 6) is 1.70. The van der Waals surface area contributed by atoms with Crippen molar-refractivity contribution >= 4 is 11.9 Å². The molecule has 3 rings (SSSR count). The molecule has 0 aliphatic carbocycles. The fraction of sp³-hybridized carbons (Fsp3) is 0.421. The number of piperidine rings is 1. The summed E-state index contributed by atoms with van der Waals surface area (Å²) in [7, 11) is 3.18. The number of aromatic nitrogens is 2. The lowest BCUT2D eigenvalue weighted by atomic mass is 10.1. The summed E-state index contributed by atoms with van der Waals surface area (Å²) in [6, 6.07) is 7.19. The number of benzene rings is 1. The van der Waals surface area contributed by atoms with Gasteiger partial charge in [0.15, 0.2) is 11.5 Å². The molecule has 1 N–H and O–H groups in total. The van der Waals surface area contributed by atoms with E-state index in [2.05, 4.69) is 20.2 Å². The first-order chi connectivity index (χ1) is 12.7. The number of ether oxygens (including phenoxy) is 2. The third-order valence-corrected chi connectivity index (χ3v) is 4.42. The summed E-state index contributed by atoms with van der Waals surface area (Å²) < 4.78 is 10.5. The normalized spacial score (nSPS) is 14.0. The minimum absolute atomic E-state index is 0.222. The van der Waals surface area contributed by atoms with E-state index in [-0.39, 0.29) is 5.91 Å². The van der Waals surface area contributed by atoms with E-state index in [1.807, 2.05) is 18.2 Å². The predicted octanol–water partition coefficient (Wildman–Crippen LogP) is 2.41. The van der Waals surface area contributed by atoms with Crippen LogP contribution in [0.5, 0.6) is 11.5 Å². The van der Waals surface area contributed by atoms with E-state index in [0.29, 0.717) is 29.7 Å². The molecule has 1 saturated heterocycles. The van der Waals surface area contributed by atoms with E-state index in [1.165, 1.54) is 6.42 Å². The van der Waals surface area contributed by atoms with Crippen LogP contribution in [0.2, 0.25) is 0 Å². The summed E-state index contributed by atoms with van der Waals surface area (Å²) in [5, 5.41) is 2.89. The Morgan fingerprint density at radius 2 is 1.88 bits per heavy atom. The van der Waals surface area contributed by atoms with Crippen molar-refractivity contribution < 1.29 is 14.3 Å². The molecule has 0 saturated carbocycles. The zero-order valence-electron chi connectivity index (χ0n) is 15.2. The van der Waals surface area contributed by atoms with E-state index in [9.17, 15) is 4.79 Å². The van der Waals surface area contributed by atoms with Crippen LogP contribution in [-0.2, 0) is 6.54 Å². The van der Waals surface area contributed by atoms with Gasteiger partial charge in [-0.05, 0) is 43.0 Å². The van der Waals surface area contributed by atoms with Gasteiger partial charge in [-0.2, -0.15) is 0 Å². The summed E-state index contributed by atoms with van der Waals surface area (Å²) >= 11 is 0. The Morgan fingerprint density at radius 1 is 1.12 bits per heavy atom. The molecule has 26 heavy (non-hydrogen) atoms. The molecule has 2 heterocycles. The highest BCUT2D eigenvalue weighted by Gasteiger charge is 2.16. The van der Waals surface area contributed by atoms with Crippen LogP contribution in [0.15, 0.2) is 30.5 Å². The maximum Gasteiger partial charge on any atom is 0.270 e. The highest BCUT2D eigenvalue weighted by atomic mass is 16.5. The third kappa shape index (κ3) is 4.22. The standard InChI is InChI=1S/C19H24N4O3/c1-25-16-7-6-14(12-17(16)26-2)13-21-18(24)15-8-9-20-19(22-15)23-10-4-3-5-11-23/h6-9,12H,3-5,10-11,13H2,1-2H3,(H,21,24). The Labute approximate surface area is 153 Å². The molecule has 0 radical (unpaired) electrons. The van der Waals surface area contributed by atoms with Crippen molar-refractivity contribution in [3.63, 3.8) is 0 Å². The smallest absolute Gasteiger partial charge is 0.270 e. The summed E-state index contributed by atoms with van der Waals surface area (Å²) in [6.07, 6.45) is 5.16. The molecule has 1 aliphatic rings. The molecule has 0 spiro atoms. The number of hydrogen-bond acceptors (Lipinski definition) is 6. The second-order valence-electron chi connectivity index (χ2n) is 6.16. The molecule has 1 amide bonds. The van der Waals surface area contributed by atoms with Crippen molar-refractivity contribution in [1.29, 1.82) is 0 Å². The van der Waals surface area contributed by atoms with Crippen LogP contribution in [0, 0.1) is 0 Å². The van der Waals surface area contributed by atoms with Gasteiger partial charge in [0.05, 0.1) is 14.2 Å². The molecule has 0 bridgehead atoms. The van der Waals surface area contributed by atoms with Crippen LogP contribution in [0.3, 0.4) is 0 Å². The quantitative estimate of drug-likeness (QED) is 0.857. The zero-order valence-corrected chi connectivity index (χ0v) is 15.2. The third-order valence-electron chi connectivity index (χ3n) is 4.42. The Bertz CT molecular complexity index is 760. The van der Waals surface area contributed by atoms with E-state index < -0.39 is 0 Å². The van der Waals surface area contributed by atoms with E-state index >= 15 is 0 Å². The van der Waals surface area contributed by atoms with Gasteiger partial charge in [0.1, 0.15) is 5.69 Å². The molecule has 0 unspecified atom stereocenters. The van der Waals surface area contributed by atoms with Gasteiger partial charge in [0.25, 0.3) is 5.91 Å². The van der Waals surface area contributed by atoms with Crippen LogP contribution >= 0.6 is 0 Å². The largest absolute Gasteiger partial charge is 0.493 e. The maximum absolute atomic E-state index is 12.5. The van der Waals surface area contributed by atoms with E-state index in [4.69, 9.17) is 9.47 Å². The minimum atomic E-state index is -0.222. The van der Waals surface area contributed by atoms with Crippen LogP contribution in [0.4, 0.5) is 5.95 Å². The number of nitrogens with one attached hydrogen (secondary N) is 1. The molecule has 7 heteroatoms. The van der Waals surface area contributed by atoms with Gasteiger partial charge in [-0.1, -0.05) is 6.07 Å². The monoisotopic (exact) mass is 356 g/mol. The number of anilines is 1. The lowest BCUT2D eigenvalue weighted by Crippen LogP contribution is -2.32. The average molecular weight is 356 g/mol. The Balaban J connectivity index is 1.65. The first kappa shape index (κ1) is 18.0. The maximum atomic E-state index is 12.5. The first-order valence-electron chi connectivity index (χ1n) is 8.78. The lowest BCUT2D eigenvalue weighted by Gasteiger charge is -2.26. The minimum Gasteiger partial charge on any atom is -0.493 e. The highest BCUT2D eigenvalue weighted by molar-refractivity contribution is 5.92. The number of nitrogens with zero attached hydrogens (tertiary/aromatic N) is 3. The molecule has 7 nitrogen and oxygen atoms in total. The molecule has 1 aliphatic heterocycles. The van der Waals surface area contributed by atoms with Crippen LogP contribution in [0.25, 0.3) is 0 Å². The second kappa shape index (κ2) is 8.51. The van der Waals surface area contributed by atoms with Crippen molar-refractivity contribution in [3.05, 3.63) is 41.7 Å². The molecule has 0 atom stereocenters. The predicted molar refractivity (Wildman–Crippen MR) is 98.8 cm³/mol. The molecule has 1 aromatic carbocycles. The fourth-order valence-electron chi connectivity index (χ4n) is 2.98.